The van der Waals surface area contributed by atoms with E-state index in [1.807, 2.05) is 6.92 Å². The molecule has 1 heterocycles. The number of aromatic hydroxyl groups is 1. The summed E-state index contributed by atoms with van der Waals surface area (Å²) in [5, 5.41) is 10.5. The Morgan fingerprint density at radius 3 is 2.80 bits per heavy atom. The summed E-state index contributed by atoms with van der Waals surface area (Å²) >= 11 is 0. The van der Waals surface area contributed by atoms with Crippen molar-refractivity contribution in [2.75, 3.05) is 0 Å². The Kier molecular flexibility index (Phi) is 2.46. The molecule has 2 rings (SSSR count). The van der Waals surface area contributed by atoms with E-state index in [1.54, 1.807) is 18.2 Å². The fourth-order valence-corrected chi connectivity index (χ4v) is 1.71. The average molecular weight is 204 g/mol. The first-order chi connectivity index (χ1) is 7.22. The summed E-state index contributed by atoms with van der Waals surface area (Å²) in [5.41, 5.74) is 1.01. The molecule has 2 aromatic rings. The smallest absolute Gasteiger partial charge is 0.336 e. The van der Waals surface area contributed by atoms with E-state index >= 15 is 0 Å². The summed E-state index contributed by atoms with van der Waals surface area (Å²) in [6.45, 7) is 2.04. The highest BCUT2D eigenvalue weighted by atomic mass is 16.4. The fraction of sp³-hybridized carbons (Fsp3) is 0.250. The second-order valence-corrected chi connectivity index (χ2v) is 3.48. The van der Waals surface area contributed by atoms with Crippen molar-refractivity contribution in [3.8, 4) is 5.75 Å². The van der Waals surface area contributed by atoms with E-state index in [0.29, 0.717) is 5.58 Å². The molecule has 0 aliphatic carbocycles. The van der Waals surface area contributed by atoms with Crippen LogP contribution in [0.1, 0.15) is 18.9 Å². The fourth-order valence-electron chi connectivity index (χ4n) is 1.71. The highest BCUT2D eigenvalue weighted by Gasteiger charge is 2.07. The lowest BCUT2D eigenvalue weighted by molar-refractivity contribution is 0.467. The minimum Gasteiger partial charge on any atom is -0.508 e. The lowest BCUT2D eigenvalue weighted by atomic mass is 10.0. The number of rotatable bonds is 2. The zero-order valence-electron chi connectivity index (χ0n) is 8.49. The van der Waals surface area contributed by atoms with Gasteiger partial charge in [0.15, 0.2) is 0 Å². The van der Waals surface area contributed by atoms with Crippen LogP contribution in [0.4, 0.5) is 0 Å². The summed E-state index contributed by atoms with van der Waals surface area (Å²) in [5.74, 6) is 0.262. The molecule has 0 fully saturated rings. The van der Waals surface area contributed by atoms with Crippen LogP contribution in [0.15, 0.2) is 33.5 Å². The standard InChI is InChI=1S/C12H12O3/c1-2-3-8-9-4-7-12(14)15-11(9)6-5-10(8)13/h4-7,13H,2-3H2,1H3. The number of aryl methyl sites for hydroxylation is 1. The molecular weight excluding hydrogens is 192 g/mol. The molecule has 1 aromatic heterocycles. The van der Waals surface area contributed by atoms with Gasteiger partial charge in [-0.25, -0.2) is 4.79 Å². The Labute approximate surface area is 87.0 Å². The van der Waals surface area contributed by atoms with Gasteiger partial charge in [0.05, 0.1) is 0 Å². The number of benzene rings is 1. The molecular formula is C12H12O3. The number of phenols is 1. The van der Waals surface area contributed by atoms with E-state index in [-0.39, 0.29) is 11.4 Å². The monoisotopic (exact) mass is 204 g/mol. The summed E-state index contributed by atoms with van der Waals surface area (Å²) in [6.07, 6.45) is 1.71. The molecule has 0 unspecified atom stereocenters. The van der Waals surface area contributed by atoms with Crippen molar-refractivity contribution < 1.29 is 9.52 Å². The normalized spacial score (nSPS) is 10.7. The van der Waals surface area contributed by atoms with Crippen molar-refractivity contribution in [3.05, 3.63) is 40.2 Å². The van der Waals surface area contributed by atoms with E-state index in [0.717, 1.165) is 23.8 Å². The minimum atomic E-state index is -0.365. The third-order valence-corrected chi connectivity index (χ3v) is 2.39. The maximum Gasteiger partial charge on any atom is 0.336 e. The SMILES string of the molecule is CCCc1c(O)ccc2oc(=O)ccc12. The van der Waals surface area contributed by atoms with Gasteiger partial charge in [0.2, 0.25) is 0 Å². The molecule has 0 aliphatic rings. The van der Waals surface area contributed by atoms with Gasteiger partial charge < -0.3 is 9.52 Å². The number of fused-ring (bicyclic) bond motifs is 1. The number of hydrogen-bond donors (Lipinski definition) is 1. The van der Waals surface area contributed by atoms with Crippen LogP contribution in [0.2, 0.25) is 0 Å². The lowest BCUT2D eigenvalue weighted by Gasteiger charge is -2.06. The van der Waals surface area contributed by atoms with Crippen LogP contribution < -0.4 is 5.63 Å². The van der Waals surface area contributed by atoms with Crippen molar-refractivity contribution in [2.45, 2.75) is 19.8 Å². The predicted molar refractivity (Wildman–Crippen MR) is 58.1 cm³/mol. The first kappa shape index (κ1) is 9.77. The molecule has 3 heteroatoms. The Morgan fingerprint density at radius 2 is 2.07 bits per heavy atom. The quantitative estimate of drug-likeness (QED) is 0.764. The van der Waals surface area contributed by atoms with Gasteiger partial charge in [-0.15, -0.1) is 0 Å². The van der Waals surface area contributed by atoms with Crippen LogP contribution in [0, 0.1) is 0 Å². The maximum atomic E-state index is 11.0. The van der Waals surface area contributed by atoms with E-state index in [4.69, 9.17) is 4.42 Å². The van der Waals surface area contributed by atoms with Gasteiger partial charge in [-0.2, -0.15) is 0 Å². The van der Waals surface area contributed by atoms with Gasteiger partial charge in [0.25, 0.3) is 0 Å². The van der Waals surface area contributed by atoms with Crippen molar-refractivity contribution in [1.82, 2.24) is 0 Å². The molecule has 78 valence electrons. The van der Waals surface area contributed by atoms with Crippen LogP contribution in [0.3, 0.4) is 0 Å². The molecule has 0 atom stereocenters. The Bertz CT molecular complexity index is 540. The van der Waals surface area contributed by atoms with E-state index in [9.17, 15) is 9.90 Å². The highest BCUT2D eigenvalue weighted by Crippen LogP contribution is 2.27. The van der Waals surface area contributed by atoms with Gasteiger partial charge in [-0.05, 0) is 24.6 Å². The van der Waals surface area contributed by atoms with Crippen LogP contribution in [-0.2, 0) is 6.42 Å². The van der Waals surface area contributed by atoms with Crippen LogP contribution in [0.5, 0.6) is 5.75 Å². The van der Waals surface area contributed by atoms with E-state index in [2.05, 4.69) is 0 Å². The zero-order valence-corrected chi connectivity index (χ0v) is 8.49. The van der Waals surface area contributed by atoms with Crippen LogP contribution in [-0.4, -0.2) is 5.11 Å². The molecule has 0 saturated carbocycles. The minimum absolute atomic E-state index is 0.262. The van der Waals surface area contributed by atoms with Crippen molar-refractivity contribution >= 4 is 11.0 Å². The Morgan fingerprint density at radius 1 is 1.27 bits per heavy atom. The average Bonchev–Trinajstić information content (AvgIpc) is 2.22. The van der Waals surface area contributed by atoms with Gasteiger partial charge in [-0.3, -0.25) is 0 Å². The lowest BCUT2D eigenvalue weighted by Crippen LogP contribution is -1.96. The third-order valence-electron chi connectivity index (χ3n) is 2.39. The highest BCUT2D eigenvalue weighted by molar-refractivity contribution is 5.82. The molecule has 3 nitrogen and oxygen atoms in total. The van der Waals surface area contributed by atoms with Gasteiger partial charge in [0.1, 0.15) is 11.3 Å². The van der Waals surface area contributed by atoms with Gasteiger partial charge >= 0.3 is 5.63 Å². The molecule has 15 heavy (non-hydrogen) atoms. The number of hydrogen-bond acceptors (Lipinski definition) is 3. The van der Waals surface area contributed by atoms with Crippen LogP contribution in [0.25, 0.3) is 11.0 Å². The second kappa shape index (κ2) is 3.77. The first-order valence-corrected chi connectivity index (χ1v) is 4.97. The van der Waals surface area contributed by atoms with Crippen molar-refractivity contribution in [2.24, 2.45) is 0 Å². The topological polar surface area (TPSA) is 50.4 Å². The Balaban J connectivity index is 2.75. The molecule has 1 aromatic carbocycles. The number of phenolic OH excluding ortho intramolecular Hbond substituents is 1. The first-order valence-electron chi connectivity index (χ1n) is 4.97. The molecule has 0 aliphatic heterocycles. The van der Waals surface area contributed by atoms with E-state index < -0.39 is 0 Å². The molecule has 0 amide bonds. The molecule has 0 spiro atoms. The van der Waals surface area contributed by atoms with Crippen LogP contribution >= 0.6 is 0 Å². The Hall–Kier alpha value is -1.77. The molecule has 1 N–H and O–H groups in total. The van der Waals surface area contributed by atoms with Crippen molar-refractivity contribution in [1.29, 1.82) is 0 Å². The maximum absolute atomic E-state index is 11.0. The molecule has 0 bridgehead atoms. The summed E-state index contributed by atoms with van der Waals surface area (Å²) in [7, 11) is 0. The largest absolute Gasteiger partial charge is 0.508 e. The van der Waals surface area contributed by atoms with Gasteiger partial charge in [-0.1, -0.05) is 13.3 Å². The summed E-state index contributed by atoms with van der Waals surface area (Å²) < 4.78 is 5.04. The third kappa shape index (κ3) is 1.73. The molecule has 0 radical (unpaired) electrons. The summed E-state index contributed by atoms with van der Waals surface area (Å²) in [4.78, 5) is 11.0. The predicted octanol–water partition coefficient (Wildman–Crippen LogP) is 2.45. The second-order valence-electron chi connectivity index (χ2n) is 3.48. The molecule has 0 saturated heterocycles. The van der Waals surface area contributed by atoms with E-state index in [1.165, 1.54) is 6.07 Å². The van der Waals surface area contributed by atoms with Gasteiger partial charge in [0, 0.05) is 17.0 Å². The van der Waals surface area contributed by atoms with Crippen molar-refractivity contribution in [3.63, 3.8) is 0 Å². The summed E-state index contributed by atoms with van der Waals surface area (Å²) in [6, 6.07) is 6.26. The zero-order chi connectivity index (χ0) is 10.8.